The van der Waals surface area contributed by atoms with Crippen LogP contribution < -0.4 is 10.6 Å². The van der Waals surface area contributed by atoms with E-state index in [2.05, 4.69) is 28.6 Å². The van der Waals surface area contributed by atoms with Gasteiger partial charge in [0.05, 0.1) is 5.69 Å². The molecule has 2 rings (SSSR count). The van der Waals surface area contributed by atoms with Crippen molar-refractivity contribution < 1.29 is 0 Å². The highest BCUT2D eigenvalue weighted by atomic mass is 15.0. The second kappa shape index (κ2) is 5.97. The topological polar surface area (TPSA) is 37.0 Å². The molecule has 2 atom stereocenters. The zero-order valence-electron chi connectivity index (χ0n) is 9.95. The number of rotatable bonds is 4. The number of piperidine rings is 1. The van der Waals surface area contributed by atoms with Crippen molar-refractivity contribution in [3.05, 3.63) is 30.1 Å². The van der Waals surface area contributed by atoms with Gasteiger partial charge in [-0.2, -0.15) is 0 Å². The van der Waals surface area contributed by atoms with Crippen LogP contribution in [0.3, 0.4) is 0 Å². The van der Waals surface area contributed by atoms with Gasteiger partial charge in [0.2, 0.25) is 0 Å². The van der Waals surface area contributed by atoms with Gasteiger partial charge in [0.15, 0.2) is 0 Å². The third-order valence-corrected chi connectivity index (χ3v) is 3.24. The van der Waals surface area contributed by atoms with Crippen LogP contribution in [0.2, 0.25) is 0 Å². The van der Waals surface area contributed by atoms with Crippen LogP contribution in [0.4, 0.5) is 0 Å². The maximum Gasteiger partial charge on any atom is 0.0570 e. The molecular weight excluding hydrogens is 198 g/mol. The lowest BCUT2D eigenvalue weighted by Gasteiger charge is -2.24. The van der Waals surface area contributed by atoms with Gasteiger partial charge in [-0.1, -0.05) is 6.07 Å². The van der Waals surface area contributed by atoms with E-state index in [4.69, 9.17) is 0 Å². The minimum Gasteiger partial charge on any atom is -0.316 e. The molecule has 2 heterocycles. The molecule has 0 aromatic carbocycles. The molecule has 0 radical (unpaired) electrons. The quantitative estimate of drug-likeness (QED) is 0.810. The molecule has 2 unspecified atom stereocenters. The lowest BCUT2D eigenvalue weighted by Crippen LogP contribution is -2.36. The zero-order chi connectivity index (χ0) is 11.2. The highest BCUT2D eigenvalue weighted by Gasteiger charge is 2.14. The van der Waals surface area contributed by atoms with Gasteiger partial charge in [-0.05, 0) is 57.5 Å². The molecule has 0 saturated carbocycles. The van der Waals surface area contributed by atoms with Gasteiger partial charge >= 0.3 is 0 Å². The molecule has 88 valence electrons. The number of nitrogens with zero attached hydrogens (tertiary/aromatic N) is 1. The van der Waals surface area contributed by atoms with E-state index in [1.807, 2.05) is 18.3 Å². The van der Waals surface area contributed by atoms with Crippen molar-refractivity contribution in [3.63, 3.8) is 0 Å². The first-order valence-corrected chi connectivity index (χ1v) is 6.21. The highest BCUT2D eigenvalue weighted by molar-refractivity contribution is 5.07. The molecular formula is C13H21N3. The summed E-state index contributed by atoms with van der Waals surface area (Å²) in [6.45, 7) is 5.61. The van der Waals surface area contributed by atoms with Crippen LogP contribution in [0.5, 0.6) is 0 Å². The Hall–Kier alpha value is -0.930. The lowest BCUT2D eigenvalue weighted by atomic mass is 9.99. The third kappa shape index (κ3) is 3.29. The van der Waals surface area contributed by atoms with E-state index >= 15 is 0 Å². The first-order valence-electron chi connectivity index (χ1n) is 6.21. The molecule has 2 N–H and O–H groups in total. The molecule has 0 aliphatic carbocycles. The SMILES string of the molecule is CC(NCC1CCCNC1)c1ccccn1. The molecule has 3 nitrogen and oxygen atoms in total. The fourth-order valence-electron chi connectivity index (χ4n) is 2.18. The third-order valence-electron chi connectivity index (χ3n) is 3.24. The highest BCUT2D eigenvalue weighted by Crippen LogP contribution is 2.12. The van der Waals surface area contributed by atoms with Gasteiger partial charge in [0.1, 0.15) is 0 Å². The molecule has 0 amide bonds. The maximum atomic E-state index is 4.36. The van der Waals surface area contributed by atoms with E-state index in [-0.39, 0.29) is 0 Å². The molecule has 0 spiro atoms. The summed E-state index contributed by atoms with van der Waals surface area (Å²) in [5.74, 6) is 0.778. The van der Waals surface area contributed by atoms with Crippen LogP contribution in [-0.2, 0) is 0 Å². The van der Waals surface area contributed by atoms with Gasteiger partial charge < -0.3 is 10.6 Å². The number of aromatic nitrogens is 1. The monoisotopic (exact) mass is 219 g/mol. The first kappa shape index (κ1) is 11.6. The smallest absolute Gasteiger partial charge is 0.0570 e. The van der Waals surface area contributed by atoms with Crippen LogP contribution in [0.25, 0.3) is 0 Å². The zero-order valence-corrected chi connectivity index (χ0v) is 9.95. The maximum absolute atomic E-state index is 4.36. The van der Waals surface area contributed by atoms with E-state index < -0.39 is 0 Å². The Bertz CT molecular complexity index is 293. The molecule has 0 bridgehead atoms. The lowest BCUT2D eigenvalue weighted by molar-refractivity contribution is 0.347. The van der Waals surface area contributed by atoms with Crippen molar-refractivity contribution in [3.8, 4) is 0 Å². The molecule has 3 heteroatoms. The molecule has 1 aliphatic heterocycles. The van der Waals surface area contributed by atoms with E-state index in [0.29, 0.717) is 6.04 Å². The van der Waals surface area contributed by atoms with Crippen LogP contribution in [0.15, 0.2) is 24.4 Å². The van der Waals surface area contributed by atoms with Crippen molar-refractivity contribution in [1.82, 2.24) is 15.6 Å². The number of hydrogen-bond donors (Lipinski definition) is 2. The average molecular weight is 219 g/mol. The van der Waals surface area contributed by atoms with Crippen molar-refractivity contribution in [2.45, 2.75) is 25.8 Å². The van der Waals surface area contributed by atoms with Gasteiger partial charge in [-0.3, -0.25) is 4.98 Å². The van der Waals surface area contributed by atoms with Crippen molar-refractivity contribution in [1.29, 1.82) is 0 Å². The summed E-state index contributed by atoms with van der Waals surface area (Å²) >= 11 is 0. The molecule has 1 fully saturated rings. The van der Waals surface area contributed by atoms with E-state index in [1.165, 1.54) is 19.4 Å². The fourth-order valence-corrected chi connectivity index (χ4v) is 2.18. The van der Waals surface area contributed by atoms with Crippen LogP contribution in [-0.4, -0.2) is 24.6 Å². The average Bonchev–Trinajstić information content (AvgIpc) is 2.38. The largest absolute Gasteiger partial charge is 0.316 e. The van der Waals surface area contributed by atoms with Gasteiger partial charge in [-0.25, -0.2) is 0 Å². The standard InChI is InChI=1S/C13H21N3/c1-11(13-6-2-3-8-15-13)16-10-12-5-4-7-14-9-12/h2-3,6,8,11-12,14,16H,4-5,7,9-10H2,1H3. The normalized spacial score (nSPS) is 22.9. The Balaban J connectivity index is 1.77. The van der Waals surface area contributed by atoms with Crippen molar-refractivity contribution in [2.24, 2.45) is 5.92 Å². The molecule has 1 saturated heterocycles. The number of hydrogen-bond acceptors (Lipinski definition) is 3. The number of nitrogens with one attached hydrogen (secondary N) is 2. The van der Waals surface area contributed by atoms with Crippen molar-refractivity contribution in [2.75, 3.05) is 19.6 Å². The van der Waals surface area contributed by atoms with E-state index in [9.17, 15) is 0 Å². The summed E-state index contributed by atoms with van der Waals surface area (Å²) in [5, 5.41) is 7.01. The Labute approximate surface area is 97.7 Å². The van der Waals surface area contributed by atoms with Gasteiger partial charge in [0, 0.05) is 12.2 Å². The minimum absolute atomic E-state index is 0.350. The minimum atomic E-state index is 0.350. The predicted octanol–water partition coefficient (Wildman–Crippen LogP) is 1.73. The van der Waals surface area contributed by atoms with Gasteiger partial charge in [0.25, 0.3) is 0 Å². The first-order chi connectivity index (χ1) is 7.86. The second-order valence-electron chi connectivity index (χ2n) is 4.60. The summed E-state index contributed by atoms with van der Waals surface area (Å²) < 4.78 is 0. The van der Waals surface area contributed by atoms with Crippen molar-refractivity contribution >= 4 is 0 Å². The Morgan fingerprint density at radius 2 is 2.50 bits per heavy atom. The molecule has 1 aliphatic rings. The summed E-state index contributed by atoms with van der Waals surface area (Å²) in [6.07, 6.45) is 4.51. The second-order valence-corrected chi connectivity index (χ2v) is 4.60. The molecule has 16 heavy (non-hydrogen) atoms. The Morgan fingerprint density at radius 1 is 1.56 bits per heavy atom. The summed E-state index contributed by atoms with van der Waals surface area (Å²) in [4.78, 5) is 4.36. The van der Waals surface area contributed by atoms with E-state index in [0.717, 1.165) is 24.7 Å². The summed E-state index contributed by atoms with van der Waals surface area (Å²) in [6, 6.07) is 6.43. The van der Waals surface area contributed by atoms with Crippen LogP contribution in [0, 0.1) is 5.92 Å². The van der Waals surface area contributed by atoms with Crippen LogP contribution >= 0.6 is 0 Å². The fraction of sp³-hybridized carbons (Fsp3) is 0.615. The molecule has 1 aromatic heterocycles. The Kier molecular flexibility index (Phi) is 4.31. The Morgan fingerprint density at radius 3 is 3.19 bits per heavy atom. The molecule has 1 aromatic rings. The summed E-state index contributed by atoms with van der Waals surface area (Å²) in [7, 11) is 0. The van der Waals surface area contributed by atoms with Crippen LogP contribution in [0.1, 0.15) is 31.5 Å². The summed E-state index contributed by atoms with van der Waals surface area (Å²) in [5.41, 5.74) is 1.13. The van der Waals surface area contributed by atoms with E-state index in [1.54, 1.807) is 0 Å². The number of pyridine rings is 1. The predicted molar refractivity (Wildman–Crippen MR) is 66.2 cm³/mol. The van der Waals surface area contributed by atoms with Gasteiger partial charge in [-0.15, -0.1) is 0 Å².